The van der Waals surface area contributed by atoms with Gasteiger partial charge >= 0.3 is 0 Å². The zero-order chi connectivity index (χ0) is 11.9. The highest BCUT2D eigenvalue weighted by molar-refractivity contribution is 5.83. The normalized spacial score (nSPS) is 10.3. The lowest BCUT2D eigenvalue weighted by Crippen LogP contribution is -1.97. The predicted molar refractivity (Wildman–Crippen MR) is 63.8 cm³/mol. The fraction of sp³-hybridized carbons (Fsp3) is 0.0833. The van der Waals surface area contributed by atoms with E-state index in [-0.39, 0.29) is 6.61 Å². The molecule has 5 heteroatoms. The van der Waals surface area contributed by atoms with Gasteiger partial charge in [-0.1, -0.05) is 18.1 Å². The van der Waals surface area contributed by atoms with E-state index in [1.54, 1.807) is 6.21 Å². The van der Waals surface area contributed by atoms with Crippen molar-refractivity contribution >= 4 is 6.21 Å². The maximum Gasteiger partial charge on any atom is 0.148 e. The summed E-state index contributed by atoms with van der Waals surface area (Å²) in [4.78, 5) is 0. The number of aromatic nitrogens is 3. The second-order valence-corrected chi connectivity index (χ2v) is 3.12. The summed E-state index contributed by atoms with van der Waals surface area (Å²) in [6.45, 7) is 0.234. The first-order valence-electron chi connectivity index (χ1n) is 4.94. The maximum absolute atomic E-state index is 5.39. The van der Waals surface area contributed by atoms with Crippen LogP contribution in [0.25, 0.3) is 0 Å². The second-order valence-electron chi connectivity index (χ2n) is 3.12. The summed E-state index contributed by atoms with van der Waals surface area (Å²) in [5.74, 6) is 3.12. The minimum Gasteiger partial charge on any atom is -0.480 e. The Bertz CT molecular complexity index is 540. The molecule has 0 fully saturated rings. The van der Waals surface area contributed by atoms with E-state index in [9.17, 15) is 0 Å². The van der Waals surface area contributed by atoms with Crippen molar-refractivity contribution in [2.45, 2.75) is 0 Å². The highest BCUT2D eigenvalue weighted by Crippen LogP contribution is 2.15. The van der Waals surface area contributed by atoms with E-state index in [0.29, 0.717) is 5.75 Å². The van der Waals surface area contributed by atoms with Gasteiger partial charge in [-0.05, 0) is 12.1 Å². The number of hydrogen-bond donors (Lipinski definition) is 0. The van der Waals surface area contributed by atoms with Crippen molar-refractivity contribution in [2.75, 3.05) is 6.61 Å². The second kappa shape index (κ2) is 5.47. The predicted octanol–water partition coefficient (Wildman–Crippen LogP) is 1.17. The molecule has 1 aromatic carbocycles. The molecule has 0 N–H and O–H groups in total. The van der Waals surface area contributed by atoms with Crippen molar-refractivity contribution in [1.29, 1.82) is 0 Å². The molecule has 0 aliphatic carbocycles. The molecule has 0 aliphatic heterocycles. The van der Waals surface area contributed by atoms with Crippen LogP contribution in [0.2, 0.25) is 0 Å². The molecule has 2 rings (SSSR count). The van der Waals surface area contributed by atoms with Crippen LogP contribution in [0.3, 0.4) is 0 Å². The Balaban J connectivity index is 2.18. The van der Waals surface area contributed by atoms with E-state index in [1.807, 2.05) is 24.3 Å². The van der Waals surface area contributed by atoms with Crippen LogP contribution in [0.1, 0.15) is 5.56 Å². The van der Waals surface area contributed by atoms with Crippen LogP contribution in [0, 0.1) is 12.3 Å². The molecule has 5 nitrogen and oxygen atoms in total. The van der Waals surface area contributed by atoms with Gasteiger partial charge in [0, 0.05) is 5.56 Å². The van der Waals surface area contributed by atoms with Gasteiger partial charge in [0.25, 0.3) is 0 Å². The quantitative estimate of drug-likeness (QED) is 0.581. The number of nitrogens with zero attached hydrogens (tertiary/aromatic N) is 4. The molecule has 0 bridgehead atoms. The topological polar surface area (TPSA) is 52.3 Å². The lowest BCUT2D eigenvalue weighted by atomic mass is 10.2. The van der Waals surface area contributed by atoms with Crippen molar-refractivity contribution < 1.29 is 4.74 Å². The first-order chi connectivity index (χ1) is 8.40. The summed E-state index contributed by atoms with van der Waals surface area (Å²) >= 11 is 0. The summed E-state index contributed by atoms with van der Waals surface area (Å²) in [6.07, 6.45) is 9.81. The van der Waals surface area contributed by atoms with E-state index in [4.69, 9.17) is 11.2 Å². The number of benzene rings is 1. The molecule has 0 spiro atoms. The SMILES string of the molecule is C#CCOc1ccccc1/C=N\n1cnnc1. The maximum atomic E-state index is 5.39. The third-order valence-electron chi connectivity index (χ3n) is 1.97. The Hall–Kier alpha value is -2.61. The fourth-order valence-corrected chi connectivity index (χ4v) is 1.22. The molecule has 0 atom stereocenters. The molecule has 2 aromatic rings. The van der Waals surface area contributed by atoms with Gasteiger partial charge in [-0.2, -0.15) is 5.10 Å². The monoisotopic (exact) mass is 226 g/mol. The molecule has 0 amide bonds. The Morgan fingerprint density at radius 3 is 2.88 bits per heavy atom. The van der Waals surface area contributed by atoms with E-state index in [1.165, 1.54) is 17.3 Å². The number of para-hydroxylation sites is 1. The zero-order valence-electron chi connectivity index (χ0n) is 9.02. The van der Waals surface area contributed by atoms with Crippen molar-refractivity contribution in [2.24, 2.45) is 5.10 Å². The summed E-state index contributed by atoms with van der Waals surface area (Å²) < 4.78 is 6.89. The van der Waals surface area contributed by atoms with Crippen molar-refractivity contribution in [3.63, 3.8) is 0 Å². The Morgan fingerprint density at radius 2 is 2.12 bits per heavy atom. The Morgan fingerprint density at radius 1 is 1.35 bits per heavy atom. The van der Waals surface area contributed by atoms with Crippen LogP contribution < -0.4 is 4.74 Å². The van der Waals surface area contributed by atoms with E-state index < -0.39 is 0 Å². The van der Waals surface area contributed by atoms with Crippen LogP contribution in [-0.4, -0.2) is 27.7 Å². The van der Waals surface area contributed by atoms with E-state index in [0.717, 1.165) is 5.56 Å². The molecule has 0 saturated heterocycles. The van der Waals surface area contributed by atoms with E-state index >= 15 is 0 Å². The highest BCUT2D eigenvalue weighted by atomic mass is 16.5. The summed E-state index contributed by atoms with van der Waals surface area (Å²) in [5, 5.41) is 11.4. The smallest absolute Gasteiger partial charge is 0.148 e. The van der Waals surface area contributed by atoms with Crippen molar-refractivity contribution in [3.05, 3.63) is 42.5 Å². The minimum atomic E-state index is 0.234. The van der Waals surface area contributed by atoms with Gasteiger partial charge in [-0.3, -0.25) is 0 Å². The molecule has 84 valence electrons. The molecule has 17 heavy (non-hydrogen) atoms. The molecule has 1 heterocycles. The van der Waals surface area contributed by atoms with E-state index in [2.05, 4.69) is 21.2 Å². The molecular formula is C12H10N4O. The molecular weight excluding hydrogens is 216 g/mol. The summed E-state index contributed by atoms with van der Waals surface area (Å²) in [5.41, 5.74) is 0.844. The number of rotatable bonds is 4. The lowest BCUT2D eigenvalue weighted by Gasteiger charge is -2.04. The van der Waals surface area contributed by atoms with Gasteiger partial charge in [0.15, 0.2) is 0 Å². The van der Waals surface area contributed by atoms with Crippen LogP contribution in [-0.2, 0) is 0 Å². The third kappa shape index (κ3) is 2.92. The van der Waals surface area contributed by atoms with Gasteiger partial charge in [0.1, 0.15) is 25.0 Å². The van der Waals surface area contributed by atoms with Crippen LogP contribution in [0.15, 0.2) is 42.0 Å². The highest BCUT2D eigenvalue weighted by Gasteiger charge is 1.99. The largest absolute Gasteiger partial charge is 0.480 e. The summed E-state index contributed by atoms with van der Waals surface area (Å²) in [6, 6.07) is 7.50. The van der Waals surface area contributed by atoms with Crippen LogP contribution >= 0.6 is 0 Å². The first-order valence-corrected chi connectivity index (χ1v) is 4.94. The molecule has 0 unspecified atom stereocenters. The number of ether oxygens (including phenoxy) is 1. The van der Waals surface area contributed by atoms with Crippen molar-refractivity contribution in [1.82, 2.24) is 14.9 Å². The van der Waals surface area contributed by atoms with Gasteiger partial charge in [-0.15, -0.1) is 16.6 Å². The molecule has 0 saturated carbocycles. The molecule has 0 radical (unpaired) electrons. The molecule has 1 aromatic heterocycles. The van der Waals surface area contributed by atoms with Crippen LogP contribution in [0.4, 0.5) is 0 Å². The van der Waals surface area contributed by atoms with Gasteiger partial charge in [0.2, 0.25) is 0 Å². The molecule has 0 aliphatic rings. The number of hydrogen-bond acceptors (Lipinski definition) is 4. The fourth-order valence-electron chi connectivity index (χ4n) is 1.22. The summed E-state index contributed by atoms with van der Waals surface area (Å²) in [7, 11) is 0. The average Bonchev–Trinajstić information content (AvgIpc) is 2.88. The average molecular weight is 226 g/mol. The van der Waals surface area contributed by atoms with Gasteiger partial charge in [-0.25, -0.2) is 4.68 Å². The van der Waals surface area contributed by atoms with Gasteiger partial charge < -0.3 is 4.74 Å². The Kier molecular flexibility index (Phi) is 3.50. The third-order valence-corrected chi connectivity index (χ3v) is 1.97. The Labute approximate surface area is 98.8 Å². The number of terminal acetylenes is 1. The van der Waals surface area contributed by atoms with Gasteiger partial charge in [0.05, 0.1) is 6.21 Å². The minimum absolute atomic E-state index is 0.234. The standard InChI is InChI=1S/C12H10N4O/c1-2-7-17-12-6-4-3-5-11(12)8-15-16-9-13-14-10-16/h1,3-6,8-10H,7H2/b15-8-. The first kappa shape index (κ1) is 10.9. The van der Waals surface area contributed by atoms with Crippen LogP contribution in [0.5, 0.6) is 5.75 Å². The lowest BCUT2D eigenvalue weighted by molar-refractivity contribution is 0.370. The zero-order valence-corrected chi connectivity index (χ0v) is 9.02. The van der Waals surface area contributed by atoms with Crippen molar-refractivity contribution in [3.8, 4) is 18.1 Å².